The molecule has 3 unspecified atom stereocenters. The largest absolute Gasteiger partial charge is 0.382 e. The molecule has 4 aromatic rings. The minimum Gasteiger partial charge on any atom is -0.382 e. The number of carbonyl (C=O) groups is 2. The molecule has 3 aromatic heterocycles. The molecule has 2 saturated heterocycles. The van der Waals surface area contributed by atoms with E-state index in [-0.39, 0.29) is 36.1 Å². The van der Waals surface area contributed by atoms with E-state index in [4.69, 9.17) is 10.7 Å². The Kier molecular flexibility index (Phi) is 5.68. The number of nitrogens with two attached hydrogens (primary N) is 1. The summed E-state index contributed by atoms with van der Waals surface area (Å²) >= 11 is 0. The summed E-state index contributed by atoms with van der Waals surface area (Å²) in [5, 5.41) is 0. The third kappa shape index (κ3) is 3.93. The highest BCUT2D eigenvalue weighted by Crippen LogP contribution is 2.47. The minimum atomic E-state index is -0.106. The Morgan fingerprint density at radius 1 is 1.08 bits per heavy atom. The zero-order valence-electron chi connectivity index (χ0n) is 20.5. The van der Waals surface area contributed by atoms with Gasteiger partial charge in [-0.15, -0.1) is 0 Å². The standard InChI is InChI=1S/C29H26N6O2/c1-2-5-25(37)35-21-11-12-23(35)22(17-21)29-33-26(27-28(30)32-14-15-34(27)29)19-9-7-18(8-10-19)24(36)16-20-6-3-4-13-31-20/h3-4,6-10,13-15,21-23H,11-12,16-17H2,1H3,(H2,30,32). The van der Waals surface area contributed by atoms with Crippen LogP contribution in [0.3, 0.4) is 0 Å². The second kappa shape index (κ2) is 9.17. The van der Waals surface area contributed by atoms with Gasteiger partial charge in [-0.1, -0.05) is 36.3 Å². The fourth-order valence-corrected chi connectivity index (χ4v) is 5.89. The zero-order valence-corrected chi connectivity index (χ0v) is 20.5. The molecule has 0 saturated carbocycles. The lowest BCUT2D eigenvalue weighted by Gasteiger charge is -2.22. The van der Waals surface area contributed by atoms with Crippen molar-refractivity contribution in [3.8, 4) is 23.1 Å². The number of nitrogens with zero attached hydrogens (tertiary/aromatic N) is 5. The van der Waals surface area contributed by atoms with Crippen LogP contribution in [-0.2, 0) is 11.2 Å². The lowest BCUT2D eigenvalue weighted by molar-refractivity contribution is -0.126. The Bertz CT molecular complexity index is 1570. The molecule has 37 heavy (non-hydrogen) atoms. The monoisotopic (exact) mass is 490 g/mol. The van der Waals surface area contributed by atoms with E-state index in [1.807, 2.05) is 58.0 Å². The van der Waals surface area contributed by atoms with Gasteiger partial charge in [0.05, 0.1) is 6.42 Å². The summed E-state index contributed by atoms with van der Waals surface area (Å²) in [4.78, 5) is 41.1. The summed E-state index contributed by atoms with van der Waals surface area (Å²) < 4.78 is 2.01. The van der Waals surface area contributed by atoms with Gasteiger partial charge in [-0.25, -0.2) is 9.97 Å². The van der Waals surface area contributed by atoms with Gasteiger partial charge in [-0.2, -0.15) is 0 Å². The van der Waals surface area contributed by atoms with Gasteiger partial charge in [0.1, 0.15) is 22.9 Å². The van der Waals surface area contributed by atoms with Gasteiger partial charge in [0.2, 0.25) is 0 Å². The van der Waals surface area contributed by atoms with E-state index in [9.17, 15) is 9.59 Å². The Morgan fingerprint density at radius 3 is 2.68 bits per heavy atom. The summed E-state index contributed by atoms with van der Waals surface area (Å²) in [6.07, 6.45) is 8.27. The molecule has 3 atom stereocenters. The van der Waals surface area contributed by atoms with E-state index >= 15 is 0 Å². The SMILES string of the molecule is CC#CC(=O)N1C2CCC1C(c1nc(-c3ccc(C(=O)Cc4ccccn4)cc3)c3c(N)nccn13)C2. The quantitative estimate of drug-likeness (QED) is 0.338. The summed E-state index contributed by atoms with van der Waals surface area (Å²) in [6, 6.07) is 13.2. The summed E-state index contributed by atoms with van der Waals surface area (Å²) in [5.41, 5.74) is 10.0. The van der Waals surface area contributed by atoms with Gasteiger partial charge in [0.15, 0.2) is 5.78 Å². The lowest BCUT2D eigenvalue weighted by Crippen LogP contribution is -2.35. The fourth-order valence-electron chi connectivity index (χ4n) is 5.89. The van der Waals surface area contributed by atoms with E-state index in [0.717, 1.165) is 47.6 Å². The number of rotatable bonds is 5. The lowest BCUT2D eigenvalue weighted by atomic mass is 9.88. The molecule has 8 heteroatoms. The average Bonchev–Trinajstić information content (AvgIpc) is 3.61. The van der Waals surface area contributed by atoms with E-state index in [0.29, 0.717) is 11.4 Å². The number of pyridine rings is 1. The first-order chi connectivity index (χ1) is 18.0. The predicted molar refractivity (Wildman–Crippen MR) is 140 cm³/mol. The molecule has 5 heterocycles. The van der Waals surface area contributed by atoms with Crippen molar-refractivity contribution in [3.63, 3.8) is 0 Å². The van der Waals surface area contributed by atoms with Gasteiger partial charge in [-0.3, -0.25) is 19.0 Å². The molecule has 0 aliphatic carbocycles. The topological polar surface area (TPSA) is 106 Å². The van der Waals surface area contributed by atoms with Crippen LogP contribution in [-0.4, -0.2) is 48.0 Å². The molecule has 184 valence electrons. The summed E-state index contributed by atoms with van der Waals surface area (Å²) in [7, 11) is 0. The van der Waals surface area contributed by atoms with Crippen LogP contribution >= 0.6 is 0 Å². The molecule has 2 aliphatic heterocycles. The molecule has 0 radical (unpaired) electrons. The van der Waals surface area contributed by atoms with Crippen molar-refractivity contribution in [1.29, 1.82) is 0 Å². The predicted octanol–water partition coefficient (Wildman–Crippen LogP) is 3.67. The first kappa shape index (κ1) is 22.9. The van der Waals surface area contributed by atoms with Crippen molar-refractivity contribution in [3.05, 3.63) is 78.1 Å². The van der Waals surface area contributed by atoms with Crippen LogP contribution in [0.1, 0.15) is 54.0 Å². The number of hydrogen-bond donors (Lipinski definition) is 1. The molecule has 0 spiro atoms. The third-order valence-corrected chi connectivity index (χ3v) is 7.49. The highest BCUT2D eigenvalue weighted by molar-refractivity contribution is 5.98. The highest BCUT2D eigenvalue weighted by Gasteiger charge is 2.50. The van der Waals surface area contributed by atoms with Crippen LogP contribution in [0, 0.1) is 11.8 Å². The Labute approximate surface area is 214 Å². The van der Waals surface area contributed by atoms with E-state index in [2.05, 4.69) is 21.8 Å². The van der Waals surface area contributed by atoms with E-state index in [1.54, 1.807) is 19.3 Å². The van der Waals surface area contributed by atoms with Crippen LogP contribution in [0.2, 0.25) is 0 Å². The molecule has 2 N–H and O–H groups in total. The van der Waals surface area contributed by atoms with Gasteiger partial charge in [-0.05, 0) is 44.2 Å². The number of anilines is 1. The number of fused-ring (bicyclic) bond motifs is 3. The maximum absolute atomic E-state index is 12.8. The first-order valence-corrected chi connectivity index (χ1v) is 12.5. The fraction of sp³-hybridized carbons (Fsp3) is 0.276. The number of ketones is 1. The highest BCUT2D eigenvalue weighted by atomic mass is 16.2. The van der Waals surface area contributed by atoms with Crippen LogP contribution in [0.25, 0.3) is 16.8 Å². The van der Waals surface area contributed by atoms with Crippen molar-refractivity contribution < 1.29 is 9.59 Å². The molecule has 1 aromatic carbocycles. The van der Waals surface area contributed by atoms with Crippen LogP contribution in [0.4, 0.5) is 5.82 Å². The Hall–Kier alpha value is -4.51. The number of benzene rings is 1. The molecule has 8 nitrogen and oxygen atoms in total. The summed E-state index contributed by atoms with van der Waals surface area (Å²) in [5.74, 6) is 6.71. The van der Waals surface area contributed by atoms with Crippen LogP contribution in [0.5, 0.6) is 0 Å². The average molecular weight is 491 g/mol. The van der Waals surface area contributed by atoms with Crippen LogP contribution < -0.4 is 5.73 Å². The van der Waals surface area contributed by atoms with Gasteiger partial charge in [0.25, 0.3) is 5.91 Å². The molecule has 2 aliphatic rings. The molecule has 6 rings (SSSR count). The number of Topliss-reactive ketones (excluding diaryl/α,β-unsaturated/α-hetero) is 1. The maximum Gasteiger partial charge on any atom is 0.298 e. The minimum absolute atomic E-state index is 0.00346. The summed E-state index contributed by atoms with van der Waals surface area (Å²) in [6.45, 7) is 1.69. The molecule has 2 bridgehead atoms. The third-order valence-electron chi connectivity index (χ3n) is 7.49. The van der Waals surface area contributed by atoms with Crippen molar-refractivity contribution >= 4 is 23.0 Å². The number of aromatic nitrogens is 4. The van der Waals surface area contributed by atoms with Gasteiger partial charge < -0.3 is 10.6 Å². The van der Waals surface area contributed by atoms with Crippen molar-refractivity contribution in [1.82, 2.24) is 24.3 Å². The van der Waals surface area contributed by atoms with Crippen molar-refractivity contribution in [2.75, 3.05) is 5.73 Å². The van der Waals surface area contributed by atoms with E-state index in [1.165, 1.54) is 0 Å². The number of nitrogen functional groups attached to an aromatic ring is 1. The molecule has 2 fully saturated rings. The number of hydrogen-bond acceptors (Lipinski definition) is 6. The molecular weight excluding hydrogens is 464 g/mol. The zero-order chi connectivity index (χ0) is 25.5. The first-order valence-electron chi connectivity index (χ1n) is 12.5. The van der Waals surface area contributed by atoms with Crippen molar-refractivity contribution in [2.24, 2.45) is 0 Å². The number of amides is 1. The van der Waals surface area contributed by atoms with Gasteiger partial charge in [0, 0.05) is 53.4 Å². The Balaban J connectivity index is 1.34. The maximum atomic E-state index is 12.8. The second-order valence-electron chi connectivity index (χ2n) is 9.58. The van der Waals surface area contributed by atoms with Crippen molar-refractivity contribution in [2.45, 2.75) is 50.6 Å². The van der Waals surface area contributed by atoms with Crippen LogP contribution in [0.15, 0.2) is 61.1 Å². The normalized spacial score (nSPS) is 20.1. The smallest absolute Gasteiger partial charge is 0.298 e. The second-order valence-corrected chi connectivity index (χ2v) is 9.58. The molecular formula is C29H26N6O2. The number of carbonyl (C=O) groups excluding carboxylic acids is 2. The van der Waals surface area contributed by atoms with E-state index < -0.39 is 0 Å². The molecule has 1 amide bonds. The number of imidazole rings is 1. The van der Waals surface area contributed by atoms with Gasteiger partial charge >= 0.3 is 0 Å². The Morgan fingerprint density at radius 2 is 1.92 bits per heavy atom.